The van der Waals surface area contributed by atoms with Crippen LogP contribution in [0, 0.1) is 0 Å². The van der Waals surface area contributed by atoms with Gasteiger partial charge in [0.2, 0.25) is 0 Å². The molecule has 0 unspecified atom stereocenters. The van der Waals surface area contributed by atoms with Crippen molar-refractivity contribution in [1.29, 1.82) is 0 Å². The summed E-state index contributed by atoms with van der Waals surface area (Å²) >= 11 is -7.18. The van der Waals surface area contributed by atoms with Gasteiger partial charge in [-0.25, -0.2) is 8.78 Å². The van der Waals surface area contributed by atoms with Gasteiger partial charge in [-0.1, -0.05) is 11.7 Å². The Hall–Kier alpha value is -1.02. The van der Waals surface area contributed by atoms with Gasteiger partial charge in [-0.15, -0.1) is 0 Å². The minimum atomic E-state index is -8.65. The van der Waals surface area contributed by atoms with Crippen LogP contribution < -0.4 is 0 Å². The smallest absolute Gasteiger partial charge is 0.254 e. The molecule has 0 bridgehead atoms. The van der Waals surface area contributed by atoms with E-state index in [2.05, 4.69) is 0 Å². The molecule has 0 rings (SSSR count). The maximum Gasteiger partial charge on any atom is 0.384 e. The lowest BCUT2D eigenvalue weighted by Crippen LogP contribution is -2.74. The Labute approximate surface area is 153 Å². The lowest BCUT2D eigenvalue weighted by atomic mass is 9.89. The molecule has 0 aromatic heterocycles. The van der Waals surface area contributed by atoms with Crippen molar-refractivity contribution >= 4 is 11.5 Å². The summed E-state index contributed by atoms with van der Waals surface area (Å²) < 4.78 is 242. The monoisotopic (exact) mass is 520 g/mol. The standard InChI is InChI=1S/C9H3F19OS/c10-2(11)4(14,15)6(18,19)8(22,23)9(24,25)7(20,21)5(16,17)3(12,13)1-29-30(26,27)28/h2H,1H2. The molecule has 0 saturated carbocycles. The van der Waals surface area contributed by atoms with Crippen LogP contribution in [0.1, 0.15) is 0 Å². The zero-order valence-electron chi connectivity index (χ0n) is 12.8. The number of rotatable bonds is 10. The second-order valence-corrected chi connectivity index (χ2v) is 6.09. The minimum Gasteiger partial charge on any atom is -0.254 e. The summed E-state index contributed by atoms with van der Waals surface area (Å²) in [7, 11) is 0. The zero-order valence-corrected chi connectivity index (χ0v) is 13.6. The van der Waals surface area contributed by atoms with E-state index in [0.29, 0.717) is 0 Å². The third kappa shape index (κ3) is 4.18. The van der Waals surface area contributed by atoms with Gasteiger partial charge in [0.15, 0.2) is 0 Å². The predicted octanol–water partition coefficient (Wildman–Crippen LogP) is 7.09. The molecule has 0 radical (unpaired) electrons. The number of halogens is 19. The minimum absolute atomic E-state index is 2.05. The van der Waals surface area contributed by atoms with E-state index in [0.717, 1.165) is 0 Å². The Morgan fingerprint density at radius 3 is 1.13 bits per heavy atom. The van der Waals surface area contributed by atoms with E-state index in [1.807, 2.05) is 4.18 Å². The summed E-state index contributed by atoms with van der Waals surface area (Å²) in [5.41, 5.74) is 0. The van der Waals surface area contributed by atoms with Gasteiger partial charge < -0.3 is 0 Å². The highest BCUT2D eigenvalue weighted by atomic mass is 32.4. The molecule has 0 saturated heterocycles. The molecular weight excluding hydrogens is 517 g/mol. The van der Waals surface area contributed by atoms with Gasteiger partial charge in [0.1, 0.15) is 6.61 Å². The van der Waals surface area contributed by atoms with E-state index in [9.17, 15) is 81.9 Å². The number of hydrogen-bond donors (Lipinski definition) is 0. The molecule has 0 amide bonds. The highest BCUT2D eigenvalue weighted by Crippen LogP contribution is 2.63. The summed E-state index contributed by atoms with van der Waals surface area (Å²) in [4.78, 5) is 0. The van der Waals surface area contributed by atoms with Crippen LogP contribution in [0.3, 0.4) is 0 Å². The van der Waals surface area contributed by atoms with Crippen LogP contribution in [0.25, 0.3) is 0 Å². The predicted molar refractivity (Wildman–Crippen MR) is 57.5 cm³/mol. The summed E-state index contributed by atoms with van der Waals surface area (Å²) in [5, 5.41) is 0. The van der Waals surface area contributed by atoms with Gasteiger partial charge >= 0.3 is 59.3 Å². The van der Waals surface area contributed by atoms with E-state index in [1.54, 1.807) is 0 Å². The van der Waals surface area contributed by atoms with Crippen molar-refractivity contribution < 1.29 is 86.1 Å². The molecule has 0 aliphatic carbocycles. The van der Waals surface area contributed by atoms with Gasteiger partial charge in [0.05, 0.1) is 0 Å². The summed E-state index contributed by atoms with van der Waals surface area (Å²) in [6.07, 6.45) is -5.98. The van der Waals surface area contributed by atoms with Crippen LogP contribution >= 0.6 is 11.5 Å². The van der Waals surface area contributed by atoms with Crippen molar-refractivity contribution in [3.63, 3.8) is 0 Å². The first-order valence-electron chi connectivity index (χ1n) is 6.14. The lowest BCUT2D eigenvalue weighted by Gasteiger charge is -2.42. The Morgan fingerprint density at radius 1 is 0.533 bits per heavy atom. The molecule has 0 atom stereocenters. The molecule has 0 aromatic rings. The zero-order chi connectivity index (χ0) is 25.0. The molecule has 21 heteroatoms. The topological polar surface area (TPSA) is 9.23 Å². The largest absolute Gasteiger partial charge is 0.384 e. The van der Waals surface area contributed by atoms with Crippen LogP contribution in [0.5, 0.6) is 0 Å². The molecule has 0 fully saturated rings. The van der Waals surface area contributed by atoms with Gasteiger partial charge in [-0.3, -0.25) is 4.18 Å². The summed E-state index contributed by atoms with van der Waals surface area (Å²) in [6.45, 7) is -3.92. The van der Waals surface area contributed by atoms with Crippen molar-refractivity contribution in [2.75, 3.05) is 6.61 Å². The van der Waals surface area contributed by atoms with Crippen LogP contribution in [-0.4, -0.2) is 54.5 Å². The Balaban J connectivity index is 6.46. The molecule has 184 valence electrons. The van der Waals surface area contributed by atoms with Crippen molar-refractivity contribution in [2.45, 2.75) is 47.9 Å². The molecule has 0 aromatic carbocycles. The Morgan fingerprint density at radius 2 is 0.833 bits per heavy atom. The maximum atomic E-state index is 13.2. The van der Waals surface area contributed by atoms with Crippen LogP contribution in [0.4, 0.5) is 81.9 Å². The van der Waals surface area contributed by atoms with Gasteiger partial charge in [-0.2, -0.15) is 61.5 Å². The van der Waals surface area contributed by atoms with Crippen molar-refractivity contribution in [2.24, 2.45) is 0 Å². The van der Waals surface area contributed by atoms with Crippen molar-refractivity contribution in [1.82, 2.24) is 0 Å². The Kier molecular flexibility index (Phi) is 7.28. The molecule has 30 heavy (non-hydrogen) atoms. The van der Waals surface area contributed by atoms with Gasteiger partial charge in [0, 0.05) is 0 Å². The highest BCUT2D eigenvalue weighted by molar-refractivity contribution is 8.16. The fourth-order valence-electron chi connectivity index (χ4n) is 1.40. The van der Waals surface area contributed by atoms with E-state index in [1.165, 1.54) is 0 Å². The molecular formula is C9H3F19OS. The SMILES string of the molecule is FC(F)C(F)(F)C(F)(F)C(F)(F)C(F)(F)C(F)(F)C(F)(F)C(F)(F)COS(F)(F)F. The van der Waals surface area contributed by atoms with E-state index in [-0.39, 0.29) is 0 Å². The van der Waals surface area contributed by atoms with Crippen molar-refractivity contribution in [3.05, 3.63) is 0 Å². The normalized spacial score (nSPS) is 16.9. The fraction of sp³-hybridized carbons (Fsp3) is 1.00. The van der Waals surface area contributed by atoms with E-state index >= 15 is 0 Å². The molecule has 1 nitrogen and oxygen atoms in total. The van der Waals surface area contributed by atoms with E-state index < -0.39 is 66.0 Å². The third-order valence-corrected chi connectivity index (χ3v) is 3.49. The average molecular weight is 520 g/mol. The van der Waals surface area contributed by atoms with Crippen molar-refractivity contribution in [3.8, 4) is 0 Å². The maximum absolute atomic E-state index is 13.2. The second-order valence-electron chi connectivity index (χ2n) is 5.13. The quantitative estimate of drug-likeness (QED) is 0.280. The van der Waals surface area contributed by atoms with Crippen LogP contribution in [0.2, 0.25) is 0 Å². The summed E-state index contributed by atoms with van der Waals surface area (Å²) in [5.74, 6) is -56.8. The molecule has 0 aliphatic rings. The Bertz CT molecular complexity index is 606. The highest BCUT2D eigenvalue weighted by Gasteiger charge is 2.93. The lowest BCUT2D eigenvalue weighted by molar-refractivity contribution is -0.447. The number of hydrogen-bond acceptors (Lipinski definition) is 1. The third-order valence-electron chi connectivity index (χ3n) is 3.10. The van der Waals surface area contributed by atoms with Gasteiger partial charge in [-0.05, 0) is 0 Å². The first kappa shape index (κ1) is 29.0. The van der Waals surface area contributed by atoms with Crippen LogP contribution in [-0.2, 0) is 4.18 Å². The second kappa shape index (κ2) is 7.54. The first-order chi connectivity index (χ1) is 12.7. The molecule has 0 N–H and O–H groups in total. The average Bonchev–Trinajstić information content (AvgIpc) is 2.51. The first-order valence-corrected chi connectivity index (χ1v) is 7.40. The van der Waals surface area contributed by atoms with E-state index in [4.69, 9.17) is 0 Å². The molecule has 0 heterocycles. The fourth-order valence-corrected chi connectivity index (χ4v) is 1.68. The molecule has 0 aliphatic heterocycles. The summed E-state index contributed by atoms with van der Waals surface area (Å²) in [6, 6.07) is 0. The molecule has 0 spiro atoms. The number of alkyl halides is 16. The van der Waals surface area contributed by atoms with Gasteiger partial charge in [0.25, 0.3) is 0 Å². The van der Waals surface area contributed by atoms with Crippen LogP contribution in [0.15, 0.2) is 0 Å².